The summed E-state index contributed by atoms with van der Waals surface area (Å²) >= 11 is 2.90. The fourth-order valence-corrected chi connectivity index (χ4v) is 5.50. The molecule has 2 amide bonds. The van der Waals surface area contributed by atoms with Crippen molar-refractivity contribution in [2.24, 2.45) is 0 Å². The molecule has 6 nitrogen and oxygen atoms in total. The number of rotatable bonds is 7. The monoisotopic (exact) mass is 499 g/mol. The van der Waals surface area contributed by atoms with Gasteiger partial charge >= 0.3 is 0 Å². The number of thiazole rings is 1. The van der Waals surface area contributed by atoms with Crippen LogP contribution < -0.4 is 10.6 Å². The summed E-state index contributed by atoms with van der Waals surface area (Å²) < 4.78 is 6.17. The molecular weight excluding hydrogens is 478 g/mol. The van der Waals surface area contributed by atoms with Crippen LogP contribution >= 0.6 is 23.1 Å². The average molecular weight is 500 g/mol. The van der Waals surface area contributed by atoms with E-state index in [1.807, 2.05) is 61.5 Å². The Morgan fingerprint density at radius 2 is 1.74 bits per heavy atom. The lowest BCUT2D eigenvalue weighted by Crippen LogP contribution is -2.18. The van der Waals surface area contributed by atoms with Crippen molar-refractivity contribution in [3.05, 3.63) is 108 Å². The minimum absolute atomic E-state index is 0.146. The number of aromatic nitrogens is 1. The molecule has 35 heavy (non-hydrogen) atoms. The third-order valence-corrected chi connectivity index (χ3v) is 7.43. The van der Waals surface area contributed by atoms with Gasteiger partial charge in [0, 0.05) is 10.6 Å². The molecule has 1 unspecified atom stereocenters. The van der Waals surface area contributed by atoms with Gasteiger partial charge in [0.05, 0.1) is 16.5 Å². The third kappa shape index (κ3) is 5.45. The minimum Gasteiger partial charge on any atom is -0.459 e. The summed E-state index contributed by atoms with van der Waals surface area (Å²) in [4.78, 5) is 31.0. The van der Waals surface area contributed by atoms with Crippen molar-refractivity contribution in [3.8, 4) is 0 Å². The highest BCUT2D eigenvalue weighted by Gasteiger charge is 2.23. The maximum atomic E-state index is 13.4. The standard InChI is InChI=1S/C27H21N3O3S2/c1-17-9-14-21-23(16-17)35-27(29-21)30-26(32)24(18-6-3-2-4-7-18)34-20-12-10-19(11-13-20)28-25(31)22-8-5-15-33-22/h2-16,24H,1H3,(H,28,31)(H,29,30,32). The predicted molar refractivity (Wildman–Crippen MR) is 141 cm³/mol. The number of anilines is 2. The van der Waals surface area contributed by atoms with Crippen LogP contribution in [0.25, 0.3) is 10.2 Å². The van der Waals surface area contributed by atoms with Crippen molar-refractivity contribution in [2.75, 3.05) is 10.6 Å². The smallest absolute Gasteiger partial charge is 0.291 e. The summed E-state index contributed by atoms with van der Waals surface area (Å²) in [5, 5.41) is 5.90. The van der Waals surface area contributed by atoms with Crippen molar-refractivity contribution in [1.29, 1.82) is 0 Å². The van der Waals surface area contributed by atoms with Gasteiger partial charge < -0.3 is 15.1 Å². The number of carbonyl (C=O) groups excluding carboxylic acids is 2. The molecule has 0 radical (unpaired) electrons. The molecule has 0 aliphatic heterocycles. The molecule has 0 fully saturated rings. The maximum Gasteiger partial charge on any atom is 0.291 e. The first kappa shape index (κ1) is 22.9. The van der Waals surface area contributed by atoms with Gasteiger partial charge in [0.25, 0.3) is 5.91 Å². The van der Waals surface area contributed by atoms with Gasteiger partial charge in [-0.15, -0.1) is 11.8 Å². The topological polar surface area (TPSA) is 84.2 Å². The van der Waals surface area contributed by atoms with Gasteiger partial charge in [-0.1, -0.05) is 47.7 Å². The molecule has 3 aromatic carbocycles. The van der Waals surface area contributed by atoms with Crippen LogP contribution in [0.1, 0.15) is 26.9 Å². The molecule has 2 aromatic heterocycles. The lowest BCUT2D eigenvalue weighted by molar-refractivity contribution is -0.115. The average Bonchev–Trinajstić information content (AvgIpc) is 3.54. The highest BCUT2D eigenvalue weighted by Crippen LogP contribution is 2.37. The molecule has 2 heterocycles. The second-order valence-electron chi connectivity index (χ2n) is 7.84. The Hall–Kier alpha value is -3.88. The molecule has 2 N–H and O–H groups in total. The molecular formula is C27H21N3O3S2. The molecule has 1 atom stereocenters. The zero-order valence-corrected chi connectivity index (χ0v) is 20.4. The number of nitrogens with zero attached hydrogens (tertiary/aromatic N) is 1. The zero-order chi connectivity index (χ0) is 24.2. The van der Waals surface area contributed by atoms with E-state index in [1.54, 1.807) is 24.3 Å². The minimum atomic E-state index is -0.478. The van der Waals surface area contributed by atoms with E-state index in [4.69, 9.17) is 4.42 Å². The van der Waals surface area contributed by atoms with E-state index in [-0.39, 0.29) is 17.6 Å². The van der Waals surface area contributed by atoms with Crippen LogP contribution in [0, 0.1) is 6.92 Å². The van der Waals surface area contributed by atoms with E-state index in [0.29, 0.717) is 10.8 Å². The Kier molecular flexibility index (Phi) is 6.65. The Morgan fingerprint density at radius 1 is 0.943 bits per heavy atom. The number of furan rings is 1. The van der Waals surface area contributed by atoms with Crippen molar-refractivity contribution in [2.45, 2.75) is 17.1 Å². The third-order valence-electron chi connectivity index (χ3n) is 5.23. The van der Waals surface area contributed by atoms with Crippen molar-refractivity contribution in [1.82, 2.24) is 4.98 Å². The zero-order valence-electron chi connectivity index (χ0n) is 18.7. The van der Waals surface area contributed by atoms with Gasteiger partial charge in [-0.2, -0.15) is 0 Å². The maximum absolute atomic E-state index is 13.4. The Labute approximate surface area is 210 Å². The fraction of sp³-hybridized carbons (Fsp3) is 0.0741. The molecule has 0 aliphatic carbocycles. The van der Waals surface area contributed by atoms with Gasteiger partial charge in [-0.3, -0.25) is 9.59 Å². The van der Waals surface area contributed by atoms with Crippen LogP contribution in [0.3, 0.4) is 0 Å². The molecule has 0 spiro atoms. The highest BCUT2D eigenvalue weighted by molar-refractivity contribution is 8.00. The van der Waals surface area contributed by atoms with Crippen LogP contribution in [0.5, 0.6) is 0 Å². The van der Waals surface area contributed by atoms with Crippen LogP contribution in [0.15, 0.2) is 101 Å². The summed E-state index contributed by atoms with van der Waals surface area (Å²) in [6.45, 7) is 2.03. The molecule has 0 bridgehead atoms. The summed E-state index contributed by atoms with van der Waals surface area (Å²) in [5.74, 6) is -0.218. The lowest BCUT2D eigenvalue weighted by atomic mass is 10.1. The van der Waals surface area contributed by atoms with Gasteiger partial charge in [0.15, 0.2) is 10.9 Å². The van der Waals surface area contributed by atoms with E-state index in [9.17, 15) is 9.59 Å². The molecule has 174 valence electrons. The summed E-state index contributed by atoms with van der Waals surface area (Å²) in [5.41, 5.74) is 3.55. The Balaban J connectivity index is 1.33. The van der Waals surface area contributed by atoms with Crippen LogP contribution in [-0.4, -0.2) is 16.8 Å². The van der Waals surface area contributed by atoms with E-state index in [1.165, 1.54) is 29.4 Å². The molecule has 5 rings (SSSR count). The van der Waals surface area contributed by atoms with Crippen LogP contribution in [-0.2, 0) is 4.79 Å². The van der Waals surface area contributed by atoms with Crippen molar-refractivity contribution >= 4 is 55.9 Å². The molecule has 0 aliphatic rings. The van der Waals surface area contributed by atoms with Gasteiger partial charge in [-0.05, 0) is 66.6 Å². The predicted octanol–water partition coefficient (Wildman–Crippen LogP) is 6.92. The molecule has 0 saturated heterocycles. The van der Waals surface area contributed by atoms with Crippen molar-refractivity contribution in [3.63, 3.8) is 0 Å². The number of nitrogens with one attached hydrogen (secondary N) is 2. The quantitative estimate of drug-likeness (QED) is 0.237. The first-order valence-electron chi connectivity index (χ1n) is 10.9. The SMILES string of the molecule is Cc1ccc2nc(NC(=O)C(Sc3ccc(NC(=O)c4ccco4)cc3)c3ccccc3)sc2c1. The number of hydrogen-bond acceptors (Lipinski definition) is 6. The van der Waals surface area contributed by atoms with Crippen molar-refractivity contribution < 1.29 is 14.0 Å². The number of fused-ring (bicyclic) bond motifs is 1. The number of aryl methyl sites for hydroxylation is 1. The second-order valence-corrected chi connectivity index (χ2v) is 10.1. The second kappa shape index (κ2) is 10.2. The van der Waals surface area contributed by atoms with Crippen LogP contribution in [0.2, 0.25) is 0 Å². The summed E-state index contributed by atoms with van der Waals surface area (Å²) in [7, 11) is 0. The van der Waals surface area contributed by atoms with Gasteiger partial charge in [-0.25, -0.2) is 4.98 Å². The lowest BCUT2D eigenvalue weighted by Gasteiger charge is -2.16. The van der Waals surface area contributed by atoms with Gasteiger partial charge in [0.2, 0.25) is 5.91 Å². The first-order valence-corrected chi connectivity index (χ1v) is 12.6. The number of amides is 2. The molecule has 8 heteroatoms. The van der Waals surface area contributed by atoms with Gasteiger partial charge in [0.1, 0.15) is 5.25 Å². The highest BCUT2D eigenvalue weighted by atomic mass is 32.2. The Morgan fingerprint density at radius 3 is 2.49 bits per heavy atom. The Bertz CT molecular complexity index is 1460. The fourth-order valence-electron chi connectivity index (χ4n) is 3.51. The summed E-state index contributed by atoms with van der Waals surface area (Å²) in [6, 6.07) is 26.3. The molecule has 5 aromatic rings. The number of benzene rings is 3. The van der Waals surface area contributed by atoms with E-state index in [2.05, 4.69) is 21.7 Å². The molecule has 0 saturated carbocycles. The normalized spacial score (nSPS) is 11.8. The largest absolute Gasteiger partial charge is 0.459 e. The van der Waals surface area contributed by atoms with Crippen LogP contribution in [0.4, 0.5) is 10.8 Å². The number of hydrogen-bond donors (Lipinski definition) is 2. The number of thioether (sulfide) groups is 1. The number of carbonyl (C=O) groups is 2. The van der Waals surface area contributed by atoms with E-state index in [0.717, 1.165) is 26.2 Å². The summed E-state index contributed by atoms with van der Waals surface area (Å²) in [6.07, 6.45) is 1.46. The van der Waals surface area contributed by atoms with E-state index < -0.39 is 5.25 Å². The first-order chi connectivity index (χ1) is 17.0. The van der Waals surface area contributed by atoms with E-state index >= 15 is 0 Å².